The number of nitro benzene ring substituents is 2. The first-order valence-electron chi connectivity index (χ1n) is 11.6. The van der Waals surface area contributed by atoms with Gasteiger partial charge in [-0.2, -0.15) is 0 Å². The number of benzene rings is 3. The molecule has 0 aliphatic carbocycles. The Balaban J connectivity index is 1.72. The van der Waals surface area contributed by atoms with E-state index in [0.29, 0.717) is 36.2 Å². The van der Waals surface area contributed by atoms with Crippen LogP contribution in [-0.4, -0.2) is 40.5 Å². The zero-order valence-electron chi connectivity index (χ0n) is 20.1. The summed E-state index contributed by atoms with van der Waals surface area (Å²) < 4.78 is 5.17. The Labute approximate surface area is 212 Å². The molecule has 188 valence electrons. The van der Waals surface area contributed by atoms with E-state index < -0.39 is 9.85 Å². The van der Waals surface area contributed by atoms with Gasteiger partial charge in [0.2, 0.25) is 0 Å². The second-order valence-corrected chi connectivity index (χ2v) is 8.35. The minimum Gasteiger partial charge on any atom is -0.464 e. The van der Waals surface area contributed by atoms with Crippen LogP contribution < -0.4 is 4.90 Å². The maximum Gasteiger partial charge on any atom is 0.302 e. The molecule has 10 heteroatoms. The first-order valence-corrected chi connectivity index (χ1v) is 11.6. The molecule has 0 atom stereocenters. The fourth-order valence-corrected chi connectivity index (χ4v) is 4.02. The second kappa shape index (κ2) is 11.3. The number of carbonyl (C=O) groups excluding carboxylic acids is 1. The van der Waals surface area contributed by atoms with Gasteiger partial charge in [0.1, 0.15) is 12.4 Å². The molecule has 1 heterocycles. The van der Waals surface area contributed by atoms with Crippen molar-refractivity contribution < 1.29 is 19.4 Å². The third-order valence-corrected chi connectivity index (χ3v) is 5.88. The predicted octanol–water partition coefficient (Wildman–Crippen LogP) is 5.33. The molecule has 1 aromatic heterocycles. The molecule has 4 rings (SSSR count). The predicted molar refractivity (Wildman–Crippen MR) is 139 cm³/mol. The number of non-ortho nitro benzene ring substituents is 2. The van der Waals surface area contributed by atoms with Crippen molar-refractivity contribution in [2.24, 2.45) is 0 Å². The number of fused-ring (bicyclic) bond motifs is 1. The van der Waals surface area contributed by atoms with Gasteiger partial charge in [0.25, 0.3) is 11.4 Å². The van der Waals surface area contributed by atoms with Crippen LogP contribution in [0.5, 0.6) is 0 Å². The Morgan fingerprint density at radius 1 is 0.892 bits per heavy atom. The fraction of sp³-hybridized carbons (Fsp3) is 0.185. The smallest absolute Gasteiger partial charge is 0.302 e. The number of rotatable bonds is 10. The highest BCUT2D eigenvalue weighted by Crippen LogP contribution is 2.33. The normalized spacial score (nSPS) is 10.7. The number of carbonyl (C=O) groups is 1. The van der Waals surface area contributed by atoms with Crippen LogP contribution in [0.3, 0.4) is 0 Å². The highest BCUT2D eigenvalue weighted by atomic mass is 16.6. The summed E-state index contributed by atoms with van der Waals surface area (Å²) in [4.78, 5) is 39.6. The summed E-state index contributed by atoms with van der Waals surface area (Å²) in [5.41, 5.74) is 3.17. The van der Waals surface area contributed by atoms with Crippen molar-refractivity contribution in [2.75, 3.05) is 24.6 Å². The van der Waals surface area contributed by atoms with Crippen LogP contribution in [0.1, 0.15) is 12.5 Å². The molecular weight excluding hydrogens is 476 g/mol. The topological polar surface area (TPSA) is 129 Å². The van der Waals surface area contributed by atoms with E-state index in [1.165, 1.54) is 31.2 Å². The first-order chi connectivity index (χ1) is 17.8. The summed E-state index contributed by atoms with van der Waals surface area (Å²) in [6.07, 6.45) is 0.568. The van der Waals surface area contributed by atoms with Crippen LogP contribution in [0.25, 0.3) is 22.0 Å². The van der Waals surface area contributed by atoms with E-state index in [0.717, 1.165) is 16.7 Å². The molecule has 0 spiro atoms. The molecule has 37 heavy (non-hydrogen) atoms. The van der Waals surface area contributed by atoms with Crippen molar-refractivity contribution in [3.8, 4) is 11.1 Å². The van der Waals surface area contributed by atoms with Gasteiger partial charge >= 0.3 is 5.97 Å². The highest BCUT2D eigenvalue weighted by molar-refractivity contribution is 5.97. The average molecular weight is 501 g/mol. The van der Waals surface area contributed by atoms with Crippen LogP contribution in [0.15, 0.2) is 78.9 Å². The van der Waals surface area contributed by atoms with E-state index in [1.807, 2.05) is 41.3 Å². The van der Waals surface area contributed by atoms with Gasteiger partial charge < -0.3 is 9.64 Å². The Bertz CT molecular complexity index is 1440. The Kier molecular flexibility index (Phi) is 7.68. The van der Waals surface area contributed by atoms with E-state index >= 15 is 0 Å². The van der Waals surface area contributed by atoms with Gasteiger partial charge in [-0.15, -0.1) is 0 Å². The molecule has 0 saturated carbocycles. The van der Waals surface area contributed by atoms with Gasteiger partial charge in [0.05, 0.1) is 21.9 Å². The Morgan fingerprint density at radius 2 is 1.57 bits per heavy atom. The third-order valence-electron chi connectivity index (χ3n) is 5.88. The minimum atomic E-state index is -0.441. The first kappa shape index (κ1) is 25.2. The monoisotopic (exact) mass is 500 g/mol. The molecule has 4 aromatic rings. The molecular formula is C27H24N4O6. The van der Waals surface area contributed by atoms with Crippen LogP contribution in [-0.2, 0) is 16.0 Å². The van der Waals surface area contributed by atoms with Crippen molar-refractivity contribution in [3.63, 3.8) is 0 Å². The van der Waals surface area contributed by atoms with Crippen LogP contribution in [0.2, 0.25) is 0 Å². The molecule has 0 saturated heterocycles. The van der Waals surface area contributed by atoms with Crippen molar-refractivity contribution in [1.29, 1.82) is 0 Å². The Hall–Kier alpha value is -4.86. The van der Waals surface area contributed by atoms with Gasteiger partial charge in [-0.1, -0.05) is 42.5 Å². The zero-order chi connectivity index (χ0) is 26.4. The van der Waals surface area contributed by atoms with Crippen molar-refractivity contribution in [2.45, 2.75) is 13.3 Å². The van der Waals surface area contributed by atoms with Crippen LogP contribution in [0, 0.1) is 20.2 Å². The number of nitro groups is 2. The van der Waals surface area contributed by atoms with E-state index in [-0.39, 0.29) is 24.0 Å². The zero-order valence-corrected chi connectivity index (χ0v) is 20.1. The number of anilines is 1. The molecule has 0 bridgehead atoms. The van der Waals surface area contributed by atoms with Crippen LogP contribution >= 0.6 is 0 Å². The molecule has 0 aliphatic rings. The van der Waals surface area contributed by atoms with Gasteiger partial charge in [-0.3, -0.25) is 25.0 Å². The SMILES string of the molecule is CC(=O)OCCN(CCc1ccc([N+](=O)[O-])cc1)c1cc(-c2ccccc2)c2cc([N+](=O)[O-])ccc2n1. The molecule has 3 aromatic carbocycles. The number of ether oxygens (including phenoxy) is 1. The van der Waals surface area contributed by atoms with Gasteiger partial charge in [0, 0.05) is 43.1 Å². The quantitative estimate of drug-likeness (QED) is 0.162. The second-order valence-electron chi connectivity index (χ2n) is 8.35. The number of nitrogens with zero attached hydrogens (tertiary/aromatic N) is 4. The third kappa shape index (κ3) is 6.23. The molecule has 0 fully saturated rings. The lowest BCUT2D eigenvalue weighted by atomic mass is 10.0. The standard InChI is InChI=1S/C27H24N4O6/c1-19(32)37-16-15-29(14-13-20-7-9-22(10-8-20)30(33)34)27-18-24(21-5-3-2-4-6-21)25-17-23(31(35)36)11-12-26(25)28-27/h2-12,17-18H,13-16H2,1H3. The summed E-state index contributed by atoms with van der Waals surface area (Å²) in [7, 11) is 0. The summed E-state index contributed by atoms with van der Waals surface area (Å²) in [6.45, 7) is 2.36. The largest absolute Gasteiger partial charge is 0.464 e. The molecule has 10 nitrogen and oxygen atoms in total. The number of aromatic nitrogens is 1. The number of hydrogen-bond acceptors (Lipinski definition) is 8. The van der Waals surface area contributed by atoms with E-state index in [1.54, 1.807) is 18.2 Å². The summed E-state index contributed by atoms with van der Waals surface area (Å²) in [6, 6.07) is 22.4. The molecule has 0 unspecified atom stereocenters. The van der Waals surface area contributed by atoms with Crippen LogP contribution in [0.4, 0.5) is 17.2 Å². The summed E-state index contributed by atoms with van der Waals surface area (Å²) in [5.74, 6) is 0.230. The van der Waals surface area contributed by atoms with E-state index in [9.17, 15) is 25.0 Å². The highest BCUT2D eigenvalue weighted by Gasteiger charge is 2.17. The molecule has 0 aliphatic heterocycles. The molecule has 0 N–H and O–H groups in total. The van der Waals surface area contributed by atoms with Crippen molar-refractivity contribution in [1.82, 2.24) is 4.98 Å². The number of esters is 1. The lowest BCUT2D eigenvalue weighted by molar-refractivity contribution is -0.385. The summed E-state index contributed by atoms with van der Waals surface area (Å²) in [5, 5.41) is 23.0. The van der Waals surface area contributed by atoms with Gasteiger partial charge in [-0.05, 0) is 35.2 Å². The lowest BCUT2D eigenvalue weighted by Gasteiger charge is -2.25. The fourth-order valence-electron chi connectivity index (χ4n) is 4.02. The van der Waals surface area contributed by atoms with E-state index in [4.69, 9.17) is 9.72 Å². The number of hydrogen-bond donors (Lipinski definition) is 0. The van der Waals surface area contributed by atoms with Gasteiger partial charge in [-0.25, -0.2) is 4.98 Å². The lowest BCUT2D eigenvalue weighted by Crippen LogP contribution is -2.31. The van der Waals surface area contributed by atoms with E-state index in [2.05, 4.69) is 0 Å². The maximum absolute atomic E-state index is 11.4. The molecule has 0 radical (unpaired) electrons. The minimum absolute atomic E-state index is 0.0215. The average Bonchev–Trinajstić information content (AvgIpc) is 2.90. The Morgan fingerprint density at radius 3 is 2.22 bits per heavy atom. The van der Waals surface area contributed by atoms with Gasteiger partial charge in [0.15, 0.2) is 0 Å². The molecule has 0 amide bonds. The summed E-state index contributed by atoms with van der Waals surface area (Å²) >= 11 is 0. The number of pyridine rings is 1. The van der Waals surface area contributed by atoms with Crippen molar-refractivity contribution >= 4 is 34.1 Å². The maximum atomic E-state index is 11.4. The van der Waals surface area contributed by atoms with Crippen molar-refractivity contribution in [3.05, 3.63) is 105 Å².